The number of nitrogens with zero attached hydrogens (tertiary/aromatic N) is 1. The first-order valence-corrected chi connectivity index (χ1v) is 4.13. The van der Waals surface area contributed by atoms with Gasteiger partial charge in [0, 0.05) is 17.0 Å². The van der Waals surface area contributed by atoms with E-state index in [1.54, 1.807) is 13.0 Å². The molecule has 0 spiro atoms. The molecule has 4 heteroatoms. The average molecular weight is 202 g/mol. The number of hydrogen-bond donors (Lipinski definition) is 1. The summed E-state index contributed by atoms with van der Waals surface area (Å²) < 4.78 is 13.1. The van der Waals surface area contributed by atoms with Crippen LogP contribution in [0.15, 0.2) is 23.4 Å². The highest BCUT2D eigenvalue weighted by Gasteiger charge is 2.07. The number of halogens is 2. The van der Waals surface area contributed by atoms with E-state index in [4.69, 9.17) is 16.8 Å². The first-order valence-electron chi connectivity index (χ1n) is 3.75. The van der Waals surface area contributed by atoms with Gasteiger partial charge in [0.05, 0.1) is 5.71 Å². The van der Waals surface area contributed by atoms with Crippen LogP contribution in [0.4, 0.5) is 4.39 Å². The fourth-order valence-corrected chi connectivity index (χ4v) is 1.22. The summed E-state index contributed by atoms with van der Waals surface area (Å²) in [5.74, 6) is -0.379. The molecule has 70 valence electrons. The van der Waals surface area contributed by atoms with Crippen LogP contribution < -0.4 is 0 Å². The Hall–Kier alpha value is -1.09. The van der Waals surface area contributed by atoms with Crippen LogP contribution >= 0.6 is 11.6 Å². The van der Waals surface area contributed by atoms with Crippen molar-refractivity contribution in [3.8, 4) is 0 Å². The SMILES string of the molecule is CC(Cc1c(F)cccc1Cl)=NO. The maximum Gasteiger partial charge on any atom is 0.128 e. The fourth-order valence-electron chi connectivity index (χ4n) is 0.992. The number of benzene rings is 1. The lowest BCUT2D eigenvalue weighted by molar-refractivity contribution is 0.317. The second-order valence-corrected chi connectivity index (χ2v) is 3.12. The molecule has 0 aliphatic carbocycles. The van der Waals surface area contributed by atoms with Crippen LogP contribution in [0.3, 0.4) is 0 Å². The van der Waals surface area contributed by atoms with Gasteiger partial charge in [-0.25, -0.2) is 4.39 Å². The van der Waals surface area contributed by atoms with Crippen molar-refractivity contribution >= 4 is 17.3 Å². The Labute approximate surface area is 80.6 Å². The van der Waals surface area contributed by atoms with Gasteiger partial charge >= 0.3 is 0 Å². The third-order valence-corrected chi connectivity index (χ3v) is 2.02. The molecule has 0 bridgehead atoms. The summed E-state index contributed by atoms with van der Waals surface area (Å²) in [5, 5.41) is 11.7. The van der Waals surface area contributed by atoms with Crippen LogP contribution in [-0.4, -0.2) is 10.9 Å². The second kappa shape index (κ2) is 4.23. The van der Waals surface area contributed by atoms with E-state index in [1.165, 1.54) is 12.1 Å². The van der Waals surface area contributed by atoms with Gasteiger partial charge in [-0.1, -0.05) is 22.8 Å². The smallest absolute Gasteiger partial charge is 0.128 e. The predicted molar refractivity (Wildman–Crippen MR) is 50.0 cm³/mol. The van der Waals surface area contributed by atoms with Gasteiger partial charge in [0.15, 0.2) is 0 Å². The van der Waals surface area contributed by atoms with Gasteiger partial charge in [0.2, 0.25) is 0 Å². The quantitative estimate of drug-likeness (QED) is 0.446. The monoisotopic (exact) mass is 201 g/mol. The number of oxime groups is 1. The van der Waals surface area contributed by atoms with Crippen LogP contribution in [-0.2, 0) is 6.42 Å². The Morgan fingerprint density at radius 3 is 2.85 bits per heavy atom. The van der Waals surface area contributed by atoms with Gasteiger partial charge in [-0.3, -0.25) is 0 Å². The topological polar surface area (TPSA) is 32.6 Å². The van der Waals surface area contributed by atoms with Crippen molar-refractivity contribution in [3.63, 3.8) is 0 Å². The van der Waals surface area contributed by atoms with E-state index in [9.17, 15) is 4.39 Å². The molecule has 13 heavy (non-hydrogen) atoms. The summed E-state index contributed by atoms with van der Waals surface area (Å²) >= 11 is 5.75. The molecule has 1 aromatic carbocycles. The lowest BCUT2D eigenvalue weighted by Gasteiger charge is -2.03. The minimum atomic E-state index is -0.379. The summed E-state index contributed by atoms with van der Waals surface area (Å²) in [6, 6.07) is 4.46. The van der Waals surface area contributed by atoms with Crippen molar-refractivity contribution in [2.75, 3.05) is 0 Å². The summed E-state index contributed by atoms with van der Waals surface area (Å²) in [6.07, 6.45) is 0.224. The zero-order valence-electron chi connectivity index (χ0n) is 7.09. The van der Waals surface area contributed by atoms with E-state index < -0.39 is 0 Å². The number of hydrogen-bond acceptors (Lipinski definition) is 2. The Balaban J connectivity index is 3.00. The molecule has 0 aromatic heterocycles. The molecule has 2 nitrogen and oxygen atoms in total. The largest absolute Gasteiger partial charge is 0.411 e. The zero-order valence-corrected chi connectivity index (χ0v) is 7.85. The van der Waals surface area contributed by atoms with Crippen molar-refractivity contribution in [3.05, 3.63) is 34.6 Å². The van der Waals surface area contributed by atoms with E-state index in [-0.39, 0.29) is 12.2 Å². The van der Waals surface area contributed by atoms with Crippen molar-refractivity contribution in [1.29, 1.82) is 0 Å². The molecule has 0 heterocycles. The van der Waals surface area contributed by atoms with Crippen molar-refractivity contribution < 1.29 is 9.60 Å². The maximum absolute atomic E-state index is 13.1. The minimum absolute atomic E-state index is 0.224. The lowest BCUT2D eigenvalue weighted by Crippen LogP contribution is -2.00. The highest BCUT2D eigenvalue weighted by Crippen LogP contribution is 2.19. The molecule has 0 saturated heterocycles. The Bertz CT molecular complexity index is 318. The van der Waals surface area contributed by atoms with E-state index in [0.29, 0.717) is 16.3 Å². The van der Waals surface area contributed by atoms with Crippen LogP contribution in [0.25, 0.3) is 0 Å². The van der Waals surface area contributed by atoms with Crippen LogP contribution in [0.5, 0.6) is 0 Å². The van der Waals surface area contributed by atoms with Gasteiger partial charge < -0.3 is 5.21 Å². The third kappa shape index (κ3) is 2.42. The lowest BCUT2D eigenvalue weighted by atomic mass is 10.1. The van der Waals surface area contributed by atoms with Crippen molar-refractivity contribution in [2.24, 2.45) is 5.16 Å². The zero-order chi connectivity index (χ0) is 9.84. The van der Waals surface area contributed by atoms with E-state index in [2.05, 4.69) is 5.16 Å². The van der Waals surface area contributed by atoms with Gasteiger partial charge in [-0.05, 0) is 19.1 Å². The Kier molecular flexibility index (Phi) is 3.25. The number of rotatable bonds is 2. The Morgan fingerprint density at radius 2 is 2.31 bits per heavy atom. The summed E-state index contributed by atoms with van der Waals surface area (Å²) in [6.45, 7) is 1.60. The molecule has 1 N–H and O–H groups in total. The fraction of sp³-hybridized carbons (Fsp3) is 0.222. The standard InChI is InChI=1S/C9H9ClFNO/c1-6(12-13)5-7-8(10)3-2-4-9(7)11/h2-4,13H,5H2,1H3. The highest BCUT2D eigenvalue weighted by molar-refractivity contribution is 6.31. The molecule has 0 aliphatic rings. The molecule has 0 radical (unpaired) electrons. The van der Waals surface area contributed by atoms with Gasteiger partial charge in [0.1, 0.15) is 5.82 Å². The maximum atomic E-state index is 13.1. The molecule has 0 atom stereocenters. The van der Waals surface area contributed by atoms with Gasteiger partial charge in [0.25, 0.3) is 0 Å². The van der Waals surface area contributed by atoms with E-state index >= 15 is 0 Å². The molecule has 1 rings (SSSR count). The third-order valence-electron chi connectivity index (χ3n) is 1.67. The minimum Gasteiger partial charge on any atom is -0.411 e. The second-order valence-electron chi connectivity index (χ2n) is 2.71. The van der Waals surface area contributed by atoms with E-state index in [0.717, 1.165) is 0 Å². The first kappa shape index (κ1) is 9.99. The normalized spacial score (nSPS) is 11.8. The molecule has 0 unspecified atom stereocenters. The summed E-state index contributed by atoms with van der Waals surface area (Å²) in [7, 11) is 0. The molecule has 0 saturated carbocycles. The van der Waals surface area contributed by atoms with E-state index in [1.807, 2.05) is 0 Å². The molecule has 0 fully saturated rings. The molecule has 0 amide bonds. The van der Waals surface area contributed by atoms with Gasteiger partial charge in [-0.15, -0.1) is 0 Å². The Morgan fingerprint density at radius 1 is 1.62 bits per heavy atom. The average Bonchev–Trinajstić information content (AvgIpc) is 2.11. The van der Waals surface area contributed by atoms with Crippen LogP contribution in [0.2, 0.25) is 5.02 Å². The van der Waals surface area contributed by atoms with Crippen molar-refractivity contribution in [1.82, 2.24) is 0 Å². The summed E-state index contributed by atoms with van der Waals surface area (Å²) in [5.41, 5.74) is 0.784. The highest BCUT2D eigenvalue weighted by atomic mass is 35.5. The van der Waals surface area contributed by atoms with Crippen LogP contribution in [0, 0.1) is 5.82 Å². The summed E-state index contributed by atoms with van der Waals surface area (Å²) in [4.78, 5) is 0. The first-order chi connectivity index (χ1) is 6.15. The predicted octanol–water partition coefficient (Wildman–Crippen LogP) is 2.87. The molecule has 1 aromatic rings. The van der Waals surface area contributed by atoms with Crippen LogP contribution in [0.1, 0.15) is 12.5 Å². The van der Waals surface area contributed by atoms with Crippen molar-refractivity contribution in [2.45, 2.75) is 13.3 Å². The van der Waals surface area contributed by atoms with Gasteiger partial charge in [-0.2, -0.15) is 0 Å². The molecular weight excluding hydrogens is 193 g/mol. The molecule has 0 aliphatic heterocycles. The molecular formula is C9H9ClFNO.